The number of aromatic nitrogens is 3. The molecule has 0 amide bonds. The zero-order chi connectivity index (χ0) is 13.0. The third-order valence-corrected chi connectivity index (χ3v) is 2.14. The van der Waals surface area contributed by atoms with Gasteiger partial charge >= 0.3 is 6.18 Å². The Kier molecular flexibility index (Phi) is 3.40. The van der Waals surface area contributed by atoms with Gasteiger partial charge in [-0.05, 0) is 18.2 Å². The maximum absolute atomic E-state index is 12.3. The van der Waals surface area contributed by atoms with Crippen molar-refractivity contribution in [2.24, 2.45) is 0 Å². The van der Waals surface area contributed by atoms with Gasteiger partial charge in [0.2, 0.25) is 0 Å². The average Bonchev–Trinajstić information content (AvgIpc) is 2.37. The Morgan fingerprint density at radius 1 is 1.06 bits per heavy atom. The van der Waals surface area contributed by atoms with Crippen molar-refractivity contribution in [2.75, 3.05) is 5.32 Å². The van der Waals surface area contributed by atoms with E-state index in [0.717, 1.165) is 12.3 Å². The second kappa shape index (κ2) is 4.99. The highest BCUT2D eigenvalue weighted by atomic mass is 19.4. The molecule has 0 aliphatic rings. The molecular weight excluding hydrogens is 245 g/mol. The summed E-state index contributed by atoms with van der Waals surface area (Å²) >= 11 is 0. The predicted molar refractivity (Wildman–Crippen MR) is 58.6 cm³/mol. The lowest BCUT2D eigenvalue weighted by Crippen LogP contribution is -2.08. The van der Waals surface area contributed by atoms with Gasteiger partial charge in [-0.2, -0.15) is 13.2 Å². The highest BCUT2D eigenvalue weighted by Gasteiger charge is 2.30. The molecule has 2 heterocycles. The van der Waals surface area contributed by atoms with Crippen LogP contribution in [0.5, 0.6) is 0 Å². The molecule has 7 heteroatoms. The van der Waals surface area contributed by atoms with Gasteiger partial charge in [-0.1, -0.05) is 0 Å². The van der Waals surface area contributed by atoms with Crippen molar-refractivity contribution < 1.29 is 13.2 Å². The lowest BCUT2D eigenvalue weighted by molar-refractivity contribution is -0.137. The molecule has 0 fully saturated rings. The predicted octanol–water partition coefficient (Wildman–Crippen LogP) is 2.50. The molecule has 0 saturated carbocycles. The van der Waals surface area contributed by atoms with Crippen LogP contribution >= 0.6 is 0 Å². The Morgan fingerprint density at radius 2 is 1.78 bits per heavy atom. The van der Waals surface area contributed by atoms with Gasteiger partial charge in [-0.25, -0.2) is 15.0 Å². The van der Waals surface area contributed by atoms with E-state index < -0.39 is 11.7 Å². The van der Waals surface area contributed by atoms with Crippen molar-refractivity contribution in [1.82, 2.24) is 15.0 Å². The summed E-state index contributed by atoms with van der Waals surface area (Å²) in [5, 5.41) is 2.84. The lowest BCUT2D eigenvalue weighted by atomic mass is 10.3. The highest BCUT2D eigenvalue weighted by Crippen LogP contribution is 2.28. The summed E-state index contributed by atoms with van der Waals surface area (Å²) in [6, 6.07) is 3.92. The van der Waals surface area contributed by atoms with Gasteiger partial charge in [0.15, 0.2) is 0 Å². The second-order valence-corrected chi connectivity index (χ2v) is 3.45. The number of alkyl halides is 3. The van der Waals surface area contributed by atoms with Crippen molar-refractivity contribution >= 4 is 5.82 Å². The van der Waals surface area contributed by atoms with Gasteiger partial charge in [0, 0.05) is 18.6 Å². The molecule has 0 bridgehead atoms. The van der Waals surface area contributed by atoms with E-state index in [1.165, 1.54) is 6.07 Å². The van der Waals surface area contributed by atoms with Crippen molar-refractivity contribution in [1.29, 1.82) is 0 Å². The monoisotopic (exact) mass is 254 g/mol. The molecule has 94 valence electrons. The molecule has 0 atom stereocenters. The van der Waals surface area contributed by atoms with E-state index in [1.54, 1.807) is 18.5 Å². The molecule has 18 heavy (non-hydrogen) atoms. The summed E-state index contributed by atoms with van der Waals surface area (Å²) in [5.74, 6) is 0.884. The summed E-state index contributed by atoms with van der Waals surface area (Å²) in [7, 11) is 0. The smallest absolute Gasteiger partial charge is 0.363 e. The molecular formula is C11H9F3N4. The fraction of sp³-hybridized carbons (Fsp3) is 0.182. The molecule has 0 radical (unpaired) electrons. The molecule has 4 nitrogen and oxygen atoms in total. The fourth-order valence-electron chi connectivity index (χ4n) is 1.26. The number of anilines is 1. The maximum atomic E-state index is 12.3. The van der Waals surface area contributed by atoms with Crippen molar-refractivity contribution in [3.63, 3.8) is 0 Å². The largest absolute Gasteiger partial charge is 0.417 e. The van der Waals surface area contributed by atoms with E-state index in [9.17, 15) is 13.2 Å². The normalized spacial score (nSPS) is 11.3. The molecule has 0 aromatic carbocycles. The first-order chi connectivity index (χ1) is 8.55. The van der Waals surface area contributed by atoms with Crippen LogP contribution in [0.1, 0.15) is 11.4 Å². The third kappa shape index (κ3) is 3.16. The first kappa shape index (κ1) is 12.3. The van der Waals surface area contributed by atoms with Crippen molar-refractivity contribution in [2.45, 2.75) is 12.7 Å². The Morgan fingerprint density at radius 3 is 2.33 bits per heavy atom. The average molecular weight is 254 g/mol. The molecule has 2 aromatic rings. The number of hydrogen-bond acceptors (Lipinski definition) is 4. The first-order valence-electron chi connectivity index (χ1n) is 5.09. The number of nitrogens with zero attached hydrogens (tertiary/aromatic N) is 3. The van der Waals surface area contributed by atoms with E-state index in [4.69, 9.17) is 0 Å². The SMILES string of the molecule is FC(F)(F)c1ccc(NCc2ncccn2)nc1. The van der Waals surface area contributed by atoms with E-state index in [-0.39, 0.29) is 0 Å². The molecule has 0 spiro atoms. The molecule has 0 aliphatic carbocycles. The molecule has 0 unspecified atom stereocenters. The van der Waals surface area contributed by atoms with Crippen LogP contribution in [0.25, 0.3) is 0 Å². The van der Waals surface area contributed by atoms with Crippen LogP contribution in [0, 0.1) is 0 Å². The first-order valence-corrected chi connectivity index (χ1v) is 5.09. The van der Waals surface area contributed by atoms with Crippen LogP contribution in [-0.4, -0.2) is 15.0 Å². The van der Waals surface area contributed by atoms with E-state index in [1.807, 2.05) is 0 Å². The lowest BCUT2D eigenvalue weighted by Gasteiger charge is -2.07. The minimum Gasteiger partial charge on any atom is -0.363 e. The fourth-order valence-corrected chi connectivity index (χ4v) is 1.26. The van der Waals surface area contributed by atoms with E-state index in [2.05, 4.69) is 20.3 Å². The van der Waals surface area contributed by atoms with Gasteiger partial charge in [0.05, 0.1) is 12.1 Å². The van der Waals surface area contributed by atoms with E-state index >= 15 is 0 Å². The van der Waals surface area contributed by atoms with Crippen molar-refractivity contribution in [3.8, 4) is 0 Å². The number of halogens is 3. The van der Waals surface area contributed by atoms with Crippen LogP contribution in [0.4, 0.5) is 19.0 Å². The van der Waals surface area contributed by atoms with Crippen LogP contribution in [0.3, 0.4) is 0 Å². The van der Waals surface area contributed by atoms with Gasteiger partial charge in [-0.15, -0.1) is 0 Å². The number of nitrogens with one attached hydrogen (secondary N) is 1. The molecule has 0 aliphatic heterocycles. The standard InChI is InChI=1S/C11H9F3N4/c12-11(13,14)8-2-3-9(17-6-8)18-7-10-15-4-1-5-16-10/h1-6H,7H2,(H,17,18). The minimum absolute atomic E-state index is 0.305. The number of pyridine rings is 1. The highest BCUT2D eigenvalue weighted by molar-refractivity contribution is 5.36. The van der Waals surface area contributed by atoms with Gasteiger partial charge in [-0.3, -0.25) is 0 Å². The molecule has 2 aromatic heterocycles. The second-order valence-electron chi connectivity index (χ2n) is 3.45. The molecule has 1 N–H and O–H groups in total. The summed E-state index contributed by atoms with van der Waals surface area (Å²) in [5.41, 5.74) is -0.774. The maximum Gasteiger partial charge on any atom is 0.417 e. The topological polar surface area (TPSA) is 50.7 Å². The van der Waals surface area contributed by atoms with E-state index in [0.29, 0.717) is 18.2 Å². The number of hydrogen-bond donors (Lipinski definition) is 1. The Balaban J connectivity index is 1.99. The van der Waals surface area contributed by atoms with Crippen LogP contribution in [0.15, 0.2) is 36.8 Å². The van der Waals surface area contributed by atoms with Gasteiger partial charge < -0.3 is 5.32 Å². The van der Waals surface area contributed by atoms with Crippen molar-refractivity contribution in [3.05, 3.63) is 48.2 Å². The minimum atomic E-state index is -4.37. The quantitative estimate of drug-likeness (QED) is 0.914. The third-order valence-electron chi connectivity index (χ3n) is 2.14. The zero-order valence-electron chi connectivity index (χ0n) is 9.15. The van der Waals surface area contributed by atoms with Gasteiger partial charge in [0.1, 0.15) is 11.6 Å². The summed E-state index contributed by atoms with van der Waals surface area (Å²) in [6.07, 6.45) is -0.406. The summed E-state index contributed by atoms with van der Waals surface area (Å²) < 4.78 is 36.9. The summed E-state index contributed by atoms with van der Waals surface area (Å²) in [6.45, 7) is 0.305. The zero-order valence-corrected chi connectivity index (χ0v) is 9.15. The Hall–Kier alpha value is -2.18. The summed E-state index contributed by atoms with van der Waals surface area (Å²) in [4.78, 5) is 11.6. The molecule has 2 rings (SSSR count). The van der Waals surface area contributed by atoms with Crippen LogP contribution < -0.4 is 5.32 Å². The Bertz CT molecular complexity index is 496. The number of rotatable bonds is 3. The van der Waals surface area contributed by atoms with Crippen LogP contribution in [-0.2, 0) is 12.7 Å². The van der Waals surface area contributed by atoms with Gasteiger partial charge in [0.25, 0.3) is 0 Å². The molecule has 0 saturated heterocycles. The Labute approximate surface area is 101 Å². The van der Waals surface area contributed by atoms with Crippen LogP contribution in [0.2, 0.25) is 0 Å².